The molecular formula is C20H27NO2. The van der Waals surface area contributed by atoms with Gasteiger partial charge < -0.3 is 4.74 Å². The molecule has 0 radical (unpaired) electrons. The largest absolute Gasteiger partial charge is 0.462 e. The number of carbonyl (C=O) groups excluding carboxylic acids is 1. The van der Waals surface area contributed by atoms with Crippen LogP contribution in [0.2, 0.25) is 0 Å². The zero-order chi connectivity index (χ0) is 16.0. The molecule has 4 atom stereocenters. The summed E-state index contributed by atoms with van der Waals surface area (Å²) in [6, 6.07) is 9.75. The highest BCUT2D eigenvalue weighted by atomic mass is 16.5. The first-order valence-electron chi connectivity index (χ1n) is 9.12. The molecule has 1 aromatic rings. The molecular weight excluding hydrogens is 286 g/mol. The van der Waals surface area contributed by atoms with Crippen LogP contribution >= 0.6 is 0 Å². The summed E-state index contributed by atoms with van der Waals surface area (Å²) in [6.45, 7) is 2.12. The lowest BCUT2D eigenvalue weighted by Crippen LogP contribution is -2.49. The molecule has 1 aromatic carbocycles. The second kappa shape index (κ2) is 5.94. The minimum atomic E-state index is 0.00190. The van der Waals surface area contributed by atoms with Gasteiger partial charge in [0.2, 0.25) is 0 Å². The van der Waals surface area contributed by atoms with Crippen LogP contribution < -0.4 is 0 Å². The van der Waals surface area contributed by atoms with Crippen molar-refractivity contribution in [2.45, 2.75) is 69.6 Å². The van der Waals surface area contributed by atoms with Crippen molar-refractivity contribution in [3.63, 3.8) is 0 Å². The summed E-state index contributed by atoms with van der Waals surface area (Å²) < 4.78 is 5.83. The fraction of sp³-hybridized carbons (Fsp3) is 0.650. The second-order valence-electron chi connectivity index (χ2n) is 7.73. The van der Waals surface area contributed by atoms with Gasteiger partial charge >= 0.3 is 5.97 Å². The Morgan fingerprint density at radius 1 is 1.13 bits per heavy atom. The van der Waals surface area contributed by atoms with Crippen LogP contribution in [-0.4, -0.2) is 36.1 Å². The zero-order valence-electron chi connectivity index (χ0n) is 14.2. The topological polar surface area (TPSA) is 29.5 Å². The molecule has 0 spiro atoms. The standard InChI is InChI=1S/C20H27NO2/c1-13-6-8-14(9-7-13)17-12-15-10-11-18(21(15)2)19(17)20(22)23-16-4-3-5-16/h6-9,15-19H,3-5,10-12H2,1-2H3/t15-,17+,18-,19-/m0/s1. The number of rotatable bonds is 3. The van der Waals surface area contributed by atoms with E-state index in [9.17, 15) is 4.79 Å². The number of hydrogen-bond donors (Lipinski definition) is 0. The van der Waals surface area contributed by atoms with Gasteiger partial charge in [0.05, 0.1) is 5.92 Å². The molecule has 3 aliphatic rings. The smallest absolute Gasteiger partial charge is 0.311 e. The first-order chi connectivity index (χ1) is 11.1. The predicted molar refractivity (Wildman–Crippen MR) is 90.3 cm³/mol. The van der Waals surface area contributed by atoms with E-state index in [0.717, 1.165) is 25.7 Å². The molecule has 23 heavy (non-hydrogen) atoms. The van der Waals surface area contributed by atoms with Crippen LogP contribution in [0.25, 0.3) is 0 Å². The Morgan fingerprint density at radius 3 is 2.52 bits per heavy atom. The summed E-state index contributed by atoms with van der Waals surface area (Å²) in [5.41, 5.74) is 2.59. The Kier molecular flexibility index (Phi) is 3.92. The van der Waals surface area contributed by atoms with Gasteiger partial charge in [-0.3, -0.25) is 9.69 Å². The number of esters is 1. The van der Waals surface area contributed by atoms with Gasteiger partial charge in [-0.1, -0.05) is 29.8 Å². The van der Waals surface area contributed by atoms with Crippen LogP contribution in [0.15, 0.2) is 24.3 Å². The molecule has 4 rings (SSSR count). The number of piperidine rings is 1. The van der Waals surface area contributed by atoms with E-state index < -0.39 is 0 Å². The van der Waals surface area contributed by atoms with Crippen LogP contribution in [0.4, 0.5) is 0 Å². The van der Waals surface area contributed by atoms with Crippen LogP contribution in [0.5, 0.6) is 0 Å². The highest BCUT2D eigenvalue weighted by Gasteiger charge is 2.50. The molecule has 1 saturated carbocycles. The first kappa shape index (κ1) is 15.2. The summed E-state index contributed by atoms with van der Waals surface area (Å²) in [4.78, 5) is 15.4. The van der Waals surface area contributed by atoms with Gasteiger partial charge in [-0.25, -0.2) is 0 Å². The highest BCUT2D eigenvalue weighted by molar-refractivity contribution is 5.75. The van der Waals surface area contributed by atoms with Gasteiger partial charge in [0.15, 0.2) is 0 Å². The molecule has 124 valence electrons. The maximum absolute atomic E-state index is 12.9. The normalized spacial score (nSPS) is 34.2. The number of benzene rings is 1. The van der Waals surface area contributed by atoms with E-state index >= 15 is 0 Å². The summed E-state index contributed by atoms with van der Waals surface area (Å²) in [5, 5.41) is 0. The molecule has 2 aliphatic heterocycles. The van der Waals surface area contributed by atoms with Gasteiger partial charge in [0.25, 0.3) is 0 Å². The van der Waals surface area contributed by atoms with E-state index in [1.807, 2.05) is 0 Å². The Bertz CT molecular complexity index is 578. The minimum absolute atomic E-state index is 0.00190. The highest BCUT2D eigenvalue weighted by Crippen LogP contribution is 2.47. The molecule has 0 amide bonds. The second-order valence-corrected chi connectivity index (χ2v) is 7.73. The monoisotopic (exact) mass is 313 g/mol. The summed E-state index contributed by atoms with van der Waals surface area (Å²) >= 11 is 0. The zero-order valence-corrected chi connectivity index (χ0v) is 14.2. The van der Waals surface area contributed by atoms with Crippen molar-refractivity contribution in [3.8, 4) is 0 Å². The van der Waals surface area contributed by atoms with E-state index in [1.54, 1.807) is 0 Å². The molecule has 0 unspecified atom stereocenters. The Hall–Kier alpha value is -1.35. The van der Waals surface area contributed by atoms with E-state index in [1.165, 1.54) is 24.0 Å². The van der Waals surface area contributed by atoms with Crippen molar-refractivity contribution in [2.24, 2.45) is 5.92 Å². The lowest BCUT2D eigenvalue weighted by Gasteiger charge is -2.42. The van der Waals surface area contributed by atoms with E-state index in [4.69, 9.17) is 4.74 Å². The van der Waals surface area contributed by atoms with Crippen molar-refractivity contribution >= 4 is 5.97 Å². The lowest BCUT2D eigenvalue weighted by atomic mass is 9.76. The predicted octanol–water partition coefficient (Wildman–Crippen LogP) is 3.66. The van der Waals surface area contributed by atoms with Gasteiger partial charge in [0, 0.05) is 18.0 Å². The van der Waals surface area contributed by atoms with Crippen LogP contribution in [-0.2, 0) is 9.53 Å². The average Bonchev–Trinajstić information content (AvgIpc) is 2.74. The van der Waals surface area contributed by atoms with Crippen LogP contribution in [0.1, 0.15) is 55.6 Å². The molecule has 1 aliphatic carbocycles. The number of hydrogen-bond acceptors (Lipinski definition) is 3. The van der Waals surface area contributed by atoms with E-state index in [2.05, 4.69) is 43.1 Å². The Morgan fingerprint density at radius 2 is 1.87 bits per heavy atom. The minimum Gasteiger partial charge on any atom is -0.462 e. The summed E-state index contributed by atoms with van der Waals surface area (Å²) in [6.07, 6.45) is 6.93. The molecule has 2 heterocycles. The van der Waals surface area contributed by atoms with Crippen molar-refractivity contribution in [2.75, 3.05) is 7.05 Å². The maximum Gasteiger partial charge on any atom is 0.311 e. The van der Waals surface area contributed by atoms with Crippen molar-refractivity contribution in [1.29, 1.82) is 0 Å². The summed E-state index contributed by atoms with van der Waals surface area (Å²) in [5.74, 6) is 0.372. The molecule has 3 fully saturated rings. The van der Waals surface area contributed by atoms with E-state index in [0.29, 0.717) is 18.0 Å². The number of fused-ring (bicyclic) bond motifs is 2. The molecule has 2 saturated heterocycles. The maximum atomic E-state index is 12.9. The number of nitrogens with zero attached hydrogens (tertiary/aromatic N) is 1. The number of ether oxygens (including phenoxy) is 1. The molecule has 2 bridgehead atoms. The van der Waals surface area contributed by atoms with Gasteiger partial charge in [-0.05, 0) is 58.1 Å². The fourth-order valence-corrected chi connectivity index (χ4v) is 4.68. The van der Waals surface area contributed by atoms with Gasteiger partial charge in [-0.2, -0.15) is 0 Å². The molecule has 3 nitrogen and oxygen atoms in total. The van der Waals surface area contributed by atoms with Gasteiger partial charge in [0.1, 0.15) is 6.10 Å². The van der Waals surface area contributed by atoms with Gasteiger partial charge in [-0.15, -0.1) is 0 Å². The van der Waals surface area contributed by atoms with Crippen LogP contribution in [0.3, 0.4) is 0 Å². The SMILES string of the molecule is Cc1ccc([C@H]2C[C@@H]3CC[C@@H]([C@H]2C(=O)OC2CCC2)N3C)cc1. The fourth-order valence-electron chi connectivity index (χ4n) is 4.68. The third kappa shape index (κ3) is 2.69. The lowest BCUT2D eigenvalue weighted by molar-refractivity contribution is -0.162. The number of carbonyl (C=O) groups is 1. The van der Waals surface area contributed by atoms with Crippen molar-refractivity contribution < 1.29 is 9.53 Å². The van der Waals surface area contributed by atoms with Crippen LogP contribution in [0, 0.1) is 12.8 Å². The third-order valence-corrected chi connectivity index (χ3v) is 6.38. The third-order valence-electron chi connectivity index (χ3n) is 6.38. The average molecular weight is 313 g/mol. The Labute approximate surface area is 139 Å². The first-order valence-corrected chi connectivity index (χ1v) is 9.12. The molecule has 3 heteroatoms. The quantitative estimate of drug-likeness (QED) is 0.798. The number of aryl methyl sites for hydroxylation is 1. The summed E-state index contributed by atoms with van der Waals surface area (Å²) in [7, 11) is 2.19. The Balaban J connectivity index is 1.61. The van der Waals surface area contributed by atoms with E-state index in [-0.39, 0.29) is 18.0 Å². The molecule has 0 aromatic heterocycles. The molecule has 0 N–H and O–H groups in total. The van der Waals surface area contributed by atoms with Crippen molar-refractivity contribution in [1.82, 2.24) is 4.90 Å². The van der Waals surface area contributed by atoms with Crippen molar-refractivity contribution in [3.05, 3.63) is 35.4 Å².